The number of anilines is 1. The summed E-state index contributed by atoms with van der Waals surface area (Å²) in [5, 5.41) is 20.1. The molecule has 0 radical (unpaired) electrons. The Kier molecular flexibility index (Phi) is 5.02. The third-order valence-corrected chi connectivity index (χ3v) is 6.22. The first kappa shape index (κ1) is 21.0. The number of ether oxygens (including phenoxy) is 1. The number of benzene rings is 2. The van der Waals surface area contributed by atoms with E-state index in [0.29, 0.717) is 30.3 Å². The Bertz CT molecular complexity index is 1570. The molecule has 0 saturated carbocycles. The van der Waals surface area contributed by atoms with E-state index in [4.69, 9.17) is 9.84 Å². The summed E-state index contributed by atoms with van der Waals surface area (Å²) in [6.07, 6.45) is 1.87. The molecule has 0 saturated heterocycles. The number of fused-ring (bicyclic) bond motifs is 2. The van der Waals surface area contributed by atoms with Gasteiger partial charge < -0.3 is 10.1 Å². The molecular weight excluding hydrogens is 442 g/mol. The molecule has 1 N–H and O–H groups in total. The fourth-order valence-corrected chi connectivity index (χ4v) is 4.62. The molecule has 5 aromatic rings. The van der Waals surface area contributed by atoms with E-state index in [1.54, 1.807) is 9.20 Å². The van der Waals surface area contributed by atoms with Crippen molar-refractivity contribution in [2.24, 2.45) is 0 Å². The Morgan fingerprint density at radius 3 is 2.83 bits per heavy atom. The Morgan fingerprint density at radius 2 is 1.94 bits per heavy atom. The van der Waals surface area contributed by atoms with E-state index in [1.807, 2.05) is 49.4 Å². The lowest BCUT2D eigenvalue weighted by atomic mass is 9.86. The smallest absolute Gasteiger partial charge is 0.226 e. The van der Waals surface area contributed by atoms with Gasteiger partial charge in [-0.05, 0) is 49.2 Å². The van der Waals surface area contributed by atoms with Crippen LogP contribution in [0.25, 0.3) is 11.5 Å². The van der Waals surface area contributed by atoms with E-state index in [0.717, 1.165) is 28.1 Å². The predicted molar refractivity (Wildman–Crippen MR) is 130 cm³/mol. The molecule has 174 valence electrons. The molecule has 9 nitrogen and oxygen atoms in total. The number of hydrogen-bond acceptors (Lipinski definition) is 6. The molecule has 0 unspecified atom stereocenters. The first-order chi connectivity index (χ1) is 17.0. The van der Waals surface area contributed by atoms with Gasteiger partial charge in [0.25, 0.3) is 0 Å². The number of amides is 1. The molecular formula is C26H23N7O2. The van der Waals surface area contributed by atoms with E-state index in [1.165, 1.54) is 11.9 Å². The Labute approximate surface area is 201 Å². The van der Waals surface area contributed by atoms with E-state index in [9.17, 15) is 4.79 Å². The van der Waals surface area contributed by atoms with E-state index >= 15 is 0 Å². The number of rotatable bonds is 5. The summed E-state index contributed by atoms with van der Waals surface area (Å²) in [5.74, 6) is 1.75. The van der Waals surface area contributed by atoms with Gasteiger partial charge in [-0.15, -0.1) is 15.3 Å². The van der Waals surface area contributed by atoms with Crippen molar-refractivity contribution in [3.63, 3.8) is 0 Å². The second kappa shape index (κ2) is 8.35. The summed E-state index contributed by atoms with van der Waals surface area (Å²) in [6, 6.07) is 19.9. The molecule has 2 aromatic carbocycles. The molecule has 3 aromatic heterocycles. The maximum absolute atomic E-state index is 12.8. The van der Waals surface area contributed by atoms with E-state index in [-0.39, 0.29) is 11.8 Å². The lowest BCUT2D eigenvalue weighted by molar-refractivity contribution is -0.116. The van der Waals surface area contributed by atoms with Crippen molar-refractivity contribution in [3.8, 4) is 11.6 Å². The Hall–Kier alpha value is -4.53. The zero-order valence-electron chi connectivity index (χ0n) is 19.3. The molecule has 1 aliphatic rings. The fraction of sp³-hybridized carbons (Fsp3) is 0.192. The molecule has 1 aliphatic heterocycles. The number of aromatic nitrogens is 6. The van der Waals surface area contributed by atoms with Crippen LogP contribution in [0.2, 0.25) is 0 Å². The lowest BCUT2D eigenvalue weighted by Gasteiger charge is -2.24. The van der Waals surface area contributed by atoms with Crippen LogP contribution in [-0.4, -0.2) is 35.5 Å². The lowest BCUT2D eigenvalue weighted by Crippen LogP contribution is -2.25. The van der Waals surface area contributed by atoms with Gasteiger partial charge in [0.15, 0.2) is 11.5 Å². The van der Waals surface area contributed by atoms with Crippen LogP contribution in [0.3, 0.4) is 0 Å². The largest absolute Gasteiger partial charge is 0.489 e. The van der Waals surface area contributed by atoms with Crippen LogP contribution in [0.4, 0.5) is 5.82 Å². The standard InChI is InChI=1S/C26H23N7O2/c1-16-5-3-6-18(11-16)14-35-20-8-4-7-19(12-20)21-13-24(34)28-26-25(21)17(2)30-33(26)23-10-9-22-29-27-15-32(22)31-23/h3-12,15,21H,13-14H2,1-2H3,(H,28,34)/t21-/m0/s1. The van der Waals surface area contributed by atoms with E-state index in [2.05, 4.69) is 45.7 Å². The SMILES string of the molecule is Cc1cccc(COc2cccc([C@@H]3CC(=O)Nc4c3c(C)nn4-c3ccc4nncn4n3)c2)c1. The summed E-state index contributed by atoms with van der Waals surface area (Å²) in [7, 11) is 0. The molecule has 9 heteroatoms. The van der Waals surface area contributed by atoms with Gasteiger partial charge in [0.1, 0.15) is 24.5 Å². The summed E-state index contributed by atoms with van der Waals surface area (Å²) in [6.45, 7) is 4.50. The maximum atomic E-state index is 12.8. The van der Waals surface area contributed by atoms with Crippen molar-refractivity contribution in [1.82, 2.24) is 29.6 Å². The minimum atomic E-state index is -0.145. The van der Waals surface area contributed by atoms with Gasteiger partial charge in [-0.25, -0.2) is 0 Å². The molecule has 0 bridgehead atoms. The third-order valence-electron chi connectivity index (χ3n) is 6.22. The topological polar surface area (TPSA) is 99.2 Å². The second-order valence-electron chi connectivity index (χ2n) is 8.74. The summed E-state index contributed by atoms with van der Waals surface area (Å²) in [4.78, 5) is 12.8. The molecule has 35 heavy (non-hydrogen) atoms. The van der Waals surface area contributed by atoms with Crippen LogP contribution in [0.1, 0.15) is 40.3 Å². The molecule has 4 heterocycles. The van der Waals surface area contributed by atoms with Crippen molar-refractivity contribution < 1.29 is 9.53 Å². The van der Waals surface area contributed by atoms with Crippen LogP contribution < -0.4 is 10.1 Å². The highest BCUT2D eigenvalue weighted by molar-refractivity contribution is 5.95. The Balaban J connectivity index is 1.34. The fourth-order valence-electron chi connectivity index (χ4n) is 4.62. The number of nitrogens with zero attached hydrogens (tertiary/aromatic N) is 6. The minimum Gasteiger partial charge on any atom is -0.489 e. The van der Waals surface area contributed by atoms with Crippen molar-refractivity contribution in [1.29, 1.82) is 0 Å². The number of carbonyl (C=O) groups is 1. The van der Waals surface area contributed by atoms with Crippen LogP contribution in [0, 0.1) is 13.8 Å². The highest BCUT2D eigenvalue weighted by Crippen LogP contribution is 2.40. The van der Waals surface area contributed by atoms with Gasteiger partial charge in [0.05, 0.1) is 5.69 Å². The average molecular weight is 466 g/mol. The first-order valence-electron chi connectivity index (χ1n) is 11.4. The Morgan fingerprint density at radius 1 is 1.06 bits per heavy atom. The monoisotopic (exact) mass is 465 g/mol. The van der Waals surface area contributed by atoms with Gasteiger partial charge in [-0.1, -0.05) is 42.0 Å². The van der Waals surface area contributed by atoms with E-state index < -0.39 is 0 Å². The highest BCUT2D eigenvalue weighted by atomic mass is 16.5. The van der Waals surface area contributed by atoms with Crippen LogP contribution in [0.15, 0.2) is 67.0 Å². The highest BCUT2D eigenvalue weighted by Gasteiger charge is 2.33. The molecule has 1 atom stereocenters. The van der Waals surface area contributed by atoms with Gasteiger partial charge in [-0.3, -0.25) is 4.79 Å². The number of hydrogen-bond donors (Lipinski definition) is 1. The minimum absolute atomic E-state index is 0.0693. The van der Waals surface area contributed by atoms with Crippen LogP contribution >= 0.6 is 0 Å². The van der Waals surface area contributed by atoms with Crippen molar-refractivity contribution in [2.45, 2.75) is 32.8 Å². The van der Waals surface area contributed by atoms with Gasteiger partial charge in [-0.2, -0.15) is 14.3 Å². The molecule has 1 amide bonds. The van der Waals surface area contributed by atoms with Crippen molar-refractivity contribution in [2.75, 3.05) is 5.32 Å². The van der Waals surface area contributed by atoms with Crippen molar-refractivity contribution in [3.05, 3.63) is 94.9 Å². The zero-order valence-corrected chi connectivity index (χ0v) is 19.3. The third kappa shape index (κ3) is 3.90. The normalized spacial score (nSPS) is 15.1. The summed E-state index contributed by atoms with van der Waals surface area (Å²) in [5.41, 5.74) is 5.77. The summed E-state index contributed by atoms with van der Waals surface area (Å²) < 4.78 is 9.34. The molecule has 6 rings (SSSR count). The summed E-state index contributed by atoms with van der Waals surface area (Å²) >= 11 is 0. The van der Waals surface area contributed by atoms with Gasteiger partial charge >= 0.3 is 0 Å². The number of nitrogens with one attached hydrogen (secondary N) is 1. The van der Waals surface area contributed by atoms with Crippen LogP contribution in [-0.2, 0) is 11.4 Å². The predicted octanol–water partition coefficient (Wildman–Crippen LogP) is 3.98. The maximum Gasteiger partial charge on any atom is 0.226 e. The molecule has 0 spiro atoms. The second-order valence-corrected chi connectivity index (χ2v) is 8.74. The average Bonchev–Trinajstić information content (AvgIpc) is 3.46. The molecule has 0 fully saturated rings. The molecule has 0 aliphatic carbocycles. The quantitative estimate of drug-likeness (QED) is 0.422. The van der Waals surface area contributed by atoms with Gasteiger partial charge in [0.2, 0.25) is 5.91 Å². The number of aryl methyl sites for hydroxylation is 2. The van der Waals surface area contributed by atoms with Crippen LogP contribution in [0.5, 0.6) is 5.75 Å². The zero-order chi connectivity index (χ0) is 23.9. The number of carbonyl (C=O) groups excluding carboxylic acids is 1. The van der Waals surface area contributed by atoms with Crippen molar-refractivity contribution >= 4 is 17.4 Å². The van der Waals surface area contributed by atoms with Gasteiger partial charge in [0, 0.05) is 17.9 Å². The first-order valence-corrected chi connectivity index (χ1v) is 11.4.